The van der Waals surface area contributed by atoms with Crippen LogP contribution in [0, 0.1) is 5.41 Å². The standard InChI is InChI=1S/C11H21F2NO/c1-11(2)6-4-3-5-9(11)14-7-8(15)10(12)13/h8-10,14-15H,3-7H2,1-2H3. The summed E-state index contributed by atoms with van der Waals surface area (Å²) in [5, 5.41) is 12.1. The Balaban J connectivity index is 2.36. The Labute approximate surface area is 90.1 Å². The van der Waals surface area contributed by atoms with E-state index < -0.39 is 12.5 Å². The van der Waals surface area contributed by atoms with E-state index in [-0.39, 0.29) is 18.0 Å². The van der Waals surface area contributed by atoms with Crippen molar-refractivity contribution >= 4 is 0 Å². The van der Waals surface area contributed by atoms with Crippen LogP contribution in [0.25, 0.3) is 0 Å². The zero-order chi connectivity index (χ0) is 11.5. The van der Waals surface area contributed by atoms with Gasteiger partial charge in [-0.15, -0.1) is 0 Å². The Kier molecular flexibility index (Phi) is 4.46. The van der Waals surface area contributed by atoms with Crippen LogP contribution in [0.3, 0.4) is 0 Å². The van der Waals surface area contributed by atoms with E-state index in [9.17, 15) is 8.78 Å². The quantitative estimate of drug-likeness (QED) is 0.762. The second kappa shape index (κ2) is 5.21. The molecule has 0 bridgehead atoms. The molecule has 4 heteroatoms. The van der Waals surface area contributed by atoms with Gasteiger partial charge in [-0.25, -0.2) is 8.78 Å². The molecule has 0 aromatic carbocycles. The molecule has 0 aromatic rings. The van der Waals surface area contributed by atoms with Crippen molar-refractivity contribution in [2.75, 3.05) is 6.54 Å². The smallest absolute Gasteiger partial charge is 0.265 e. The molecule has 0 saturated heterocycles. The molecule has 1 fully saturated rings. The number of rotatable bonds is 4. The maximum absolute atomic E-state index is 12.1. The first-order chi connectivity index (χ1) is 6.93. The monoisotopic (exact) mass is 221 g/mol. The Bertz CT molecular complexity index is 197. The van der Waals surface area contributed by atoms with Crippen LogP contribution in [0.5, 0.6) is 0 Å². The SMILES string of the molecule is CC1(C)CCCCC1NCC(O)C(F)F. The number of hydrogen-bond acceptors (Lipinski definition) is 2. The summed E-state index contributed by atoms with van der Waals surface area (Å²) in [6.07, 6.45) is 0.305. The molecule has 1 rings (SSSR count). The summed E-state index contributed by atoms with van der Waals surface area (Å²) in [4.78, 5) is 0. The average Bonchev–Trinajstić information content (AvgIpc) is 2.14. The summed E-state index contributed by atoms with van der Waals surface area (Å²) in [5.74, 6) is 0. The lowest BCUT2D eigenvalue weighted by atomic mass is 9.73. The van der Waals surface area contributed by atoms with Gasteiger partial charge >= 0.3 is 0 Å². The third-order valence-corrected chi connectivity index (χ3v) is 3.37. The number of halogens is 2. The minimum Gasteiger partial charge on any atom is -0.386 e. The maximum atomic E-state index is 12.1. The van der Waals surface area contributed by atoms with Gasteiger partial charge in [0.2, 0.25) is 0 Å². The van der Waals surface area contributed by atoms with Gasteiger partial charge in [0.1, 0.15) is 6.10 Å². The van der Waals surface area contributed by atoms with E-state index in [1.807, 2.05) is 0 Å². The van der Waals surface area contributed by atoms with Gasteiger partial charge in [-0.2, -0.15) is 0 Å². The fourth-order valence-electron chi connectivity index (χ4n) is 2.22. The summed E-state index contributed by atoms with van der Waals surface area (Å²) in [7, 11) is 0. The van der Waals surface area contributed by atoms with E-state index in [1.165, 1.54) is 6.42 Å². The Hall–Kier alpha value is -0.220. The van der Waals surface area contributed by atoms with E-state index in [0.29, 0.717) is 0 Å². The van der Waals surface area contributed by atoms with Crippen LogP contribution < -0.4 is 5.32 Å². The van der Waals surface area contributed by atoms with Crippen molar-refractivity contribution in [3.63, 3.8) is 0 Å². The van der Waals surface area contributed by atoms with Gasteiger partial charge in [0.15, 0.2) is 0 Å². The molecule has 1 saturated carbocycles. The van der Waals surface area contributed by atoms with E-state index in [2.05, 4.69) is 19.2 Å². The summed E-state index contributed by atoms with van der Waals surface area (Å²) in [6, 6.07) is 0.250. The first-order valence-corrected chi connectivity index (χ1v) is 5.63. The molecule has 0 aliphatic heterocycles. The molecular formula is C11H21F2NO. The summed E-state index contributed by atoms with van der Waals surface area (Å²) < 4.78 is 24.2. The van der Waals surface area contributed by atoms with Gasteiger partial charge in [0.05, 0.1) is 0 Å². The lowest BCUT2D eigenvalue weighted by Crippen LogP contribution is -2.47. The summed E-state index contributed by atoms with van der Waals surface area (Å²) in [6.45, 7) is 4.29. The van der Waals surface area contributed by atoms with Crippen LogP contribution in [0.2, 0.25) is 0 Å². The van der Waals surface area contributed by atoms with Crippen molar-refractivity contribution in [2.45, 2.75) is 58.1 Å². The minimum absolute atomic E-state index is 0.00817. The second-order valence-electron chi connectivity index (χ2n) is 5.10. The lowest BCUT2D eigenvalue weighted by Gasteiger charge is -2.39. The minimum atomic E-state index is -2.65. The normalized spacial score (nSPS) is 28.0. The van der Waals surface area contributed by atoms with Crippen LogP contribution in [0.1, 0.15) is 39.5 Å². The van der Waals surface area contributed by atoms with Crippen LogP contribution >= 0.6 is 0 Å². The van der Waals surface area contributed by atoms with E-state index in [1.54, 1.807) is 0 Å². The topological polar surface area (TPSA) is 32.3 Å². The number of aliphatic hydroxyl groups is 1. The molecule has 2 atom stereocenters. The number of nitrogens with one attached hydrogen (secondary N) is 1. The molecule has 2 nitrogen and oxygen atoms in total. The van der Waals surface area contributed by atoms with Gasteiger partial charge in [0.25, 0.3) is 6.43 Å². The molecule has 0 aromatic heterocycles. The van der Waals surface area contributed by atoms with Crippen molar-refractivity contribution in [3.8, 4) is 0 Å². The number of aliphatic hydroxyl groups excluding tert-OH is 1. The van der Waals surface area contributed by atoms with Crippen molar-refractivity contribution in [2.24, 2.45) is 5.41 Å². The van der Waals surface area contributed by atoms with Gasteiger partial charge in [-0.05, 0) is 18.3 Å². The summed E-state index contributed by atoms with van der Waals surface area (Å²) >= 11 is 0. The van der Waals surface area contributed by atoms with Gasteiger partial charge < -0.3 is 10.4 Å². The molecule has 0 amide bonds. The fraction of sp³-hybridized carbons (Fsp3) is 1.00. The van der Waals surface area contributed by atoms with Crippen LogP contribution in [-0.2, 0) is 0 Å². The van der Waals surface area contributed by atoms with Crippen LogP contribution in [0.15, 0.2) is 0 Å². The third kappa shape index (κ3) is 3.68. The first kappa shape index (κ1) is 12.8. The third-order valence-electron chi connectivity index (χ3n) is 3.37. The van der Waals surface area contributed by atoms with Gasteiger partial charge in [-0.3, -0.25) is 0 Å². The summed E-state index contributed by atoms with van der Waals surface area (Å²) in [5.41, 5.74) is 0.153. The zero-order valence-electron chi connectivity index (χ0n) is 9.47. The predicted octanol–water partition coefficient (Wildman–Crippen LogP) is 2.17. The molecule has 0 heterocycles. The fourth-order valence-corrected chi connectivity index (χ4v) is 2.22. The van der Waals surface area contributed by atoms with Gasteiger partial charge in [0, 0.05) is 12.6 Å². The van der Waals surface area contributed by atoms with E-state index in [4.69, 9.17) is 5.11 Å². The molecule has 1 aliphatic rings. The zero-order valence-corrected chi connectivity index (χ0v) is 9.47. The van der Waals surface area contributed by atoms with Crippen molar-refractivity contribution in [1.29, 1.82) is 0 Å². The van der Waals surface area contributed by atoms with Crippen molar-refractivity contribution in [1.82, 2.24) is 5.32 Å². The molecule has 1 aliphatic carbocycles. The highest BCUT2D eigenvalue weighted by atomic mass is 19.3. The van der Waals surface area contributed by atoms with E-state index >= 15 is 0 Å². The Morgan fingerprint density at radius 3 is 2.60 bits per heavy atom. The molecule has 0 spiro atoms. The highest BCUT2D eigenvalue weighted by Crippen LogP contribution is 2.35. The highest BCUT2D eigenvalue weighted by molar-refractivity contribution is 4.88. The van der Waals surface area contributed by atoms with Crippen LogP contribution in [-0.4, -0.2) is 30.2 Å². The molecule has 15 heavy (non-hydrogen) atoms. The molecular weight excluding hydrogens is 200 g/mol. The molecule has 90 valence electrons. The molecule has 0 radical (unpaired) electrons. The average molecular weight is 221 g/mol. The van der Waals surface area contributed by atoms with Crippen molar-refractivity contribution in [3.05, 3.63) is 0 Å². The maximum Gasteiger partial charge on any atom is 0.265 e. The number of hydrogen-bond donors (Lipinski definition) is 2. The number of alkyl halides is 2. The molecule has 2 unspecified atom stereocenters. The second-order valence-corrected chi connectivity index (χ2v) is 5.10. The largest absolute Gasteiger partial charge is 0.386 e. The predicted molar refractivity (Wildman–Crippen MR) is 56.1 cm³/mol. The van der Waals surface area contributed by atoms with E-state index in [0.717, 1.165) is 19.3 Å². The molecule has 2 N–H and O–H groups in total. The van der Waals surface area contributed by atoms with Gasteiger partial charge in [-0.1, -0.05) is 26.7 Å². The van der Waals surface area contributed by atoms with Crippen molar-refractivity contribution < 1.29 is 13.9 Å². The highest BCUT2D eigenvalue weighted by Gasteiger charge is 2.32. The Morgan fingerprint density at radius 1 is 1.40 bits per heavy atom. The van der Waals surface area contributed by atoms with Crippen LogP contribution in [0.4, 0.5) is 8.78 Å². The first-order valence-electron chi connectivity index (χ1n) is 5.63. The Morgan fingerprint density at radius 2 is 2.07 bits per heavy atom. The lowest BCUT2D eigenvalue weighted by molar-refractivity contribution is -0.00841.